The largest absolute Gasteiger partial charge is 0.497 e. The molecular formula is C27H26IN3O4. The third-order valence-electron chi connectivity index (χ3n) is 6.21. The highest BCUT2D eigenvalue weighted by Gasteiger charge is 2.47. The molecule has 180 valence electrons. The van der Waals surface area contributed by atoms with Crippen molar-refractivity contribution in [2.75, 3.05) is 12.4 Å². The topological polar surface area (TPSA) is 87.7 Å². The number of nitrogens with zero attached hydrogens (tertiary/aromatic N) is 1. The van der Waals surface area contributed by atoms with Gasteiger partial charge in [0.2, 0.25) is 5.91 Å². The van der Waals surface area contributed by atoms with Gasteiger partial charge in [-0.1, -0.05) is 49.4 Å². The molecule has 1 heterocycles. The number of amides is 4. The fourth-order valence-corrected chi connectivity index (χ4v) is 4.91. The van der Waals surface area contributed by atoms with Crippen LogP contribution in [0.1, 0.15) is 35.6 Å². The van der Waals surface area contributed by atoms with E-state index in [0.717, 1.165) is 19.6 Å². The average Bonchev–Trinajstić information content (AvgIpc) is 3.15. The average molecular weight is 583 g/mol. The highest BCUT2D eigenvalue weighted by atomic mass is 127. The molecule has 0 unspecified atom stereocenters. The molecule has 0 saturated carbocycles. The molecule has 35 heavy (non-hydrogen) atoms. The van der Waals surface area contributed by atoms with Crippen molar-refractivity contribution in [3.8, 4) is 5.75 Å². The molecule has 3 atom stereocenters. The predicted octanol–water partition coefficient (Wildman–Crippen LogP) is 5.01. The molecule has 3 aromatic rings. The molecule has 0 aromatic heterocycles. The van der Waals surface area contributed by atoms with Crippen LogP contribution in [0.15, 0.2) is 72.8 Å². The van der Waals surface area contributed by atoms with Gasteiger partial charge in [0.25, 0.3) is 5.91 Å². The number of carbonyl (C=O) groups is 3. The Hall–Kier alpha value is -3.40. The minimum absolute atomic E-state index is 0.426. The Morgan fingerprint density at radius 2 is 1.74 bits per heavy atom. The van der Waals surface area contributed by atoms with Crippen LogP contribution >= 0.6 is 22.6 Å². The lowest BCUT2D eigenvalue weighted by atomic mass is 9.91. The van der Waals surface area contributed by atoms with Gasteiger partial charge in [0, 0.05) is 15.2 Å². The summed E-state index contributed by atoms with van der Waals surface area (Å²) in [5.74, 6) is -0.693. The molecule has 7 nitrogen and oxygen atoms in total. The van der Waals surface area contributed by atoms with Gasteiger partial charge >= 0.3 is 6.03 Å². The summed E-state index contributed by atoms with van der Waals surface area (Å²) in [4.78, 5) is 41.4. The quantitative estimate of drug-likeness (QED) is 0.303. The van der Waals surface area contributed by atoms with E-state index in [0.29, 0.717) is 17.0 Å². The van der Waals surface area contributed by atoms with Crippen molar-refractivity contribution in [2.45, 2.75) is 31.8 Å². The van der Waals surface area contributed by atoms with Gasteiger partial charge in [0.15, 0.2) is 0 Å². The normalized spacial score (nSPS) is 17.0. The highest BCUT2D eigenvalue weighted by molar-refractivity contribution is 14.1. The molecule has 1 aliphatic heterocycles. The summed E-state index contributed by atoms with van der Waals surface area (Å²) in [6.45, 7) is 3.75. The van der Waals surface area contributed by atoms with Crippen LogP contribution in [0, 0.1) is 10.5 Å². The maximum Gasteiger partial charge on any atom is 0.325 e. The lowest BCUT2D eigenvalue weighted by molar-refractivity contribution is -0.134. The standard InChI is InChI=1S/C27H26IN3O4/c1-16-15-20(28)11-14-22(16)29-25(32)24(17(2)18-7-5-4-6-8-18)31-26(33)23(30-27(31)34)19-9-12-21(35-3)13-10-19/h4-15,17,23-24H,1-3H3,(H,29,32)(H,30,34)/t17-,23+,24-/m0/s1. The van der Waals surface area contributed by atoms with Gasteiger partial charge in [0.05, 0.1) is 7.11 Å². The summed E-state index contributed by atoms with van der Waals surface area (Å²) in [5, 5.41) is 5.69. The molecule has 2 N–H and O–H groups in total. The number of carbonyl (C=O) groups excluding carboxylic acids is 3. The number of methoxy groups -OCH3 is 1. The van der Waals surface area contributed by atoms with E-state index >= 15 is 0 Å². The van der Waals surface area contributed by atoms with Crippen LogP contribution in [-0.4, -0.2) is 35.9 Å². The summed E-state index contributed by atoms with van der Waals surface area (Å²) in [6.07, 6.45) is 0. The lowest BCUT2D eigenvalue weighted by Gasteiger charge is -2.30. The van der Waals surface area contributed by atoms with Gasteiger partial charge in [-0.3, -0.25) is 9.59 Å². The smallest absolute Gasteiger partial charge is 0.325 e. The van der Waals surface area contributed by atoms with Crippen molar-refractivity contribution in [3.05, 3.63) is 93.1 Å². The number of ether oxygens (including phenoxy) is 1. The SMILES string of the molecule is COc1ccc([C@H]2NC(=O)N([C@H](C(=O)Nc3ccc(I)cc3C)[C@@H](C)c3ccccc3)C2=O)cc1. The Balaban J connectivity index is 1.68. The Morgan fingerprint density at radius 3 is 2.37 bits per heavy atom. The molecule has 0 aliphatic carbocycles. The number of hydrogen-bond donors (Lipinski definition) is 2. The summed E-state index contributed by atoms with van der Waals surface area (Å²) < 4.78 is 6.23. The number of anilines is 1. The van der Waals surface area contributed by atoms with Gasteiger partial charge in [-0.15, -0.1) is 0 Å². The Bertz CT molecular complexity index is 1250. The first kappa shape index (κ1) is 24.7. The van der Waals surface area contributed by atoms with Crippen molar-refractivity contribution in [1.82, 2.24) is 10.2 Å². The molecule has 1 fully saturated rings. The molecule has 4 rings (SSSR count). The predicted molar refractivity (Wildman–Crippen MR) is 142 cm³/mol. The van der Waals surface area contributed by atoms with E-state index in [9.17, 15) is 14.4 Å². The summed E-state index contributed by atoms with van der Waals surface area (Å²) in [7, 11) is 1.56. The molecule has 3 aromatic carbocycles. The number of halogens is 1. The van der Waals surface area contributed by atoms with E-state index in [1.54, 1.807) is 31.4 Å². The fraction of sp³-hybridized carbons (Fsp3) is 0.222. The molecule has 0 radical (unpaired) electrons. The van der Waals surface area contributed by atoms with E-state index in [1.165, 1.54) is 0 Å². The van der Waals surface area contributed by atoms with Crippen molar-refractivity contribution in [3.63, 3.8) is 0 Å². The summed E-state index contributed by atoms with van der Waals surface area (Å²) in [5.41, 5.74) is 3.00. The van der Waals surface area contributed by atoms with Crippen LogP contribution in [0.25, 0.3) is 0 Å². The number of imide groups is 1. The second-order valence-electron chi connectivity index (χ2n) is 8.46. The first-order valence-electron chi connectivity index (χ1n) is 11.2. The first-order chi connectivity index (χ1) is 16.8. The number of nitrogens with one attached hydrogen (secondary N) is 2. The first-order valence-corrected chi connectivity index (χ1v) is 12.3. The maximum absolute atomic E-state index is 13.7. The number of rotatable bonds is 7. The number of benzene rings is 3. The van der Waals surface area contributed by atoms with Crippen molar-refractivity contribution in [2.24, 2.45) is 0 Å². The van der Waals surface area contributed by atoms with Crippen molar-refractivity contribution >= 4 is 46.1 Å². The number of urea groups is 1. The maximum atomic E-state index is 13.7. The zero-order chi connectivity index (χ0) is 25.1. The third-order valence-corrected chi connectivity index (χ3v) is 6.88. The van der Waals surface area contributed by atoms with Crippen LogP contribution < -0.4 is 15.4 Å². The highest BCUT2D eigenvalue weighted by Crippen LogP contribution is 2.32. The van der Waals surface area contributed by atoms with Crippen molar-refractivity contribution in [1.29, 1.82) is 0 Å². The van der Waals surface area contributed by atoms with Gasteiger partial charge in [-0.2, -0.15) is 0 Å². The minimum atomic E-state index is -1.05. The van der Waals surface area contributed by atoms with E-state index in [1.807, 2.05) is 62.4 Å². The van der Waals surface area contributed by atoms with Gasteiger partial charge < -0.3 is 15.4 Å². The molecule has 1 aliphatic rings. The molecule has 0 spiro atoms. The molecule has 4 amide bonds. The number of hydrogen-bond acceptors (Lipinski definition) is 4. The van der Waals surface area contributed by atoms with Crippen LogP contribution in [-0.2, 0) is 9.59 Å². The molecule has 1 saturated heterocycles. The van der Waals surface area contributed by atoms with Crippen LogP contribution in [0.2, 0.25) is 0 Å². The summed E-state index contributed by atoms with van der Waals surface area (Å²) >= 11 is 2.21. The van der Waals surface area contributed by atoms with Crippen LogP contribution in [0.5, 0.6) is 5.75 Å². The second-order valence-corrected chi connectivity index (χ2v) is 9.70. The fourth-order valence-electron chi connectivity index (χ4n) is 4.26. The van der Waals surface area contributed by atoms with Crippen LogP contribution in [0.4, 0.5) is 10.5 Å². The Morgan fingerprint density at radius 1 is 1.06 bits per heavy atom. The van der Waals surface area contributed by atoms with Gasteiger partial charge in [-0.25, -0.2) is 9.69 Å². The second kappa shape index (κ2) is 10.5. The van der Waals surface area contributed by atoms with E-state index in [4.69, 9.17) is 4.74 Å². The molecule has 8 heteroatoms. The third kappa shape index (κ3) is 5.17. The molecular weight excluding hydrogens is 557 g/mol. The molecule has 0 bridgehead atoms. The van der Waals surface area contributed by atoms with Crippen LogP contribution in [0.3, 0.4) is 0 Å². The zero-order valence-electron chi connectivity index (χ0n) is 19.6. The monoisotopic (exact) mass is 583 g/mol. The van der Waals surface area contributed by atoms with E-state index in [2.05, 4.69) is 33.2 Å². The van der Waals surface area contributed by atoms with E-state index in [-0.39, 0.29) is 0 Å². The lowest BCUT2D eigenvalue weighted by Crippen LogP contribution is -2.50. The van der Waals surface area contributed by atoms with Crippen molar-refractivity contribution < 1.29 is 19.1 Å². The minimum Gasteiger partial charge on any atom is -0.497 e. The summed E-state index contributed by atoms with van der Waals surface area (Å²) in [6, 6.07) is 19.5. The van der Waals surface area contributed by atoms with E-state index < -0.39 is 35.8 Å². The zero-order valence-corrected chi connectivity index (χ0v) is 21.8. The van der Waals surface area contributed by atoms with Gasteiger partial charge in [0.1, 0.15) is 17.8 Å². The number of aryl methyl sites for hydroxylation is 1. The van der Waals surface area contributed by atoms with Gasteiger partial charge in [-0.05, 0) is 76.5 Å². The Kier molecular flexibility index (Phi) is 7.39. The Labute approximate surface area is 218 Å².